The maximum absolute atomic E-state index is 11.6. The maximum Gasteiger partial charge on any atom is 0.321 e. The lowest BCUT2D eigenvalue weighted by molar-refractivity contribution is -0.154. The fourth-order valence-corrected chi connectivity index (χ4v) is 2.26. The van der Waals surface area contributed by atoms with Crippen molar-refractivity contribution in [3.8, 4) is 0 Å². The van der Waals surface area contributed by atoms with E-state index >= 15 is 0 Å². The van der Waals surface area contributed by atoms with Gasteiger partial charge in [-0.1, -0.05) is 0 Å². The first kappa shape index (κ1) is 10.9. The smallest absolute Gasteiger partial charge is 0.321 e. The van der Waals surface area contributed by atoms with Crippen molar-refractivity contribution in [1.82, 2.24) is 5.32 Å². The summed E-state index contributed by atoms with van der Waals surface area (Å²) in [6.07, 6.45) is 0. The van der Waals surface area contributed by atoms with Crippen LogP contribution in [0.15, 0.2) is 0 Å². The zero-order valence-corrected chi connectivity index (χ0v) is 9.40. The van der Waals surface area contributed by atoms with E-state index in [2.05, 4.69) is 5.32 Å². The minimum Gasteiger partial charge on any atom is -0.459 e. The highest BCUT2D eigenvalue weighted by Gasteiger charge is 2.33. The van der Waals surface area contributed by atoms with Crippen LogP contribution in [0.5, 0.6) is 0 Å². The second-order valence-electron chi connectivity index (χ2n) is 4.26. The van der Waals surface area contributed by atoms with Crippen molar-refractivity contribution in [1.29, 1.82) is 0 Å². The number of esters is 1. The summed E-state index contributed by atoms with van der Waals surface area (Å²) in [7, 11) is 0. The van der Waals surface area contributed by atoms with Crippen molar-refractivity contribution in [2.75, 3.05) is 5.88 Å². The van der Waals surface area contributed by atoms with Gasteiger partial charge in [-0.25, -0.2) is 0 Å². The Morgan fingerprint density at radius 3 is 2.54 bits per heavy atom. The Bertz CT molecular complexity index is 200. The molecule has 0 amide bonds. The molecule has 1 N–H and O–H groups in total. The average molecular weight is 203 g/mol. The van der Waals surface area contributed by atoms with Crippen LogP contribution in [-0.2, 0) is 9.53 Å². The first-order valence-corrected chi connectivity index (χ1v) is 5.53. The molecule has 1 rings (SSSR count). The first-order valence-electron chi connectivity index (χ1n) is 4.48. The van der Waals surface area contributed by atoms with Gasteiger partial charge in [0, 0.05) is 11.9 Å². The van der Waals surface area contributed by atoms with Crippen molar-refractivity contribution in [3.05, 3.63) is 0 Å². The van der Waals surface area contributed by atoms with Crippen LogP contribution >= 0.6 is 11.8 Å². The van der Waals surface area contributed by atoms with E-state index in [0.717, 1.165) is 5.88 Å². The monoisotopic (exact) mass is 203 g/mol. The topological polar surface area (TPSA) is 38.3 Å². The number of hydrogen-bond donors (Lipinski definition) is 1. The fourth-order valence-electron chi connectivity index (χ4n) is 1.15. The van der Waals surface area contributed by atoms with Gasteiger partial charge in [-0.05, 0) is 27.7 Å². The average Bonchev–Trinajstić information content (AvgIpc) is 2.30. The molecule has 76 valence electrons. The van der Waals surface area contributed by atoms with E-state index in [9.17, 15) is 4.79 Å². The van der Waals surface area contributed by atoms with E-state index in [0.29, 0.717) is 0 Å². The van der Waals surface area contributed by atoms with Crippen LogP contribution in [0.2, 0.25) is 0 Å². The quantitative estimate of drug-likeness (QED) is 0.653. The molecule has 13 heavy (non-hydrogen) atoms. The van der Waals surface area contributed by atoms with Crippen molar-refractivity contribution in [2.45, 2.75) is 44.6 Å². The third-order valence-electron chi connectivity index (χ3n) is 1.76. The molecule has 1 aliphatic rings. The molecule has 0 aromatic carbocycles. The molecule has 0 spiro atoms. The predicted octanol–water partition coefficient (Wildman–Crippen LogP) is 1.38. The lowest BCUT2D eigenvalue weighted by Gasteiger charge is -2.22. The summed E-state index contributed by atoms with van der Waals surface area (Å²) in [6, 6.07) is 0.222. The van der Waals surface area contributed by atoms with Crippen LogP contribution in [0, 0.1) is 0 Å². The van der Waals surface area contributed by atoms with Gasteiger partial charge in [-0.2, -0.15) is 0 Å². The molecule has 4 heteroatoms. The van der Waals surface area contributed by atoms with Crippen molar-refractivity contribution >= 4 is 17.7 Å². The van der Waals surface area contributed by atoms with Gasteiger partial charge in [-0.3, -0.25) is 4.79 Å². The molecule has 1 fully saturated rings. The summed E-state index contributed by atoms with van der Waals surface area (Å²) in [6.45, 7) is 7.68. The number of nitrogens with one attached hydrogen (secondary N) is 1. The molecular weight excluding hydrogens is 186 g/mol. The van der Waals surface area contributed by atoms with Gasteiger partial charge in [0.05, 0.1) is 0 Å². The summed E-state index contributed by atoms with van der Waals surface area (Å²) >= 11 is 1.61. The summed E-state index contributed by atoms with van der Waals surface area (Å²) < 4.78 is 5.29. The Kier molecular flexibility index (Phi) is 3.24. The van der Waals surface area contributed by atoms with E-state index < -0.39 is 0 Å². The molecule has 0 aromatic rings. The number of thioether (sulfide) groups is 1. The van der Waals surface area contributed by atoms with Crippen LogP contribution in [0.1, 0.15) is 27.7 Å². The van der Waals surface area contributed by atoms with Crippen LogP contribution < -0.4 is 5.32 Å². The Labute approximate surface area is 83.6 Å². The summed E-state index contributed by atoms with van der Waals surface area (Å²) in [5, 5.41) is 3.16. The second kappa shape index (κ2) is 3.88. The number of hydrogen-bond acceptors (Lipinski definition) is 4. The third-order valence-corrected chi connectivity index (χ3v) is 3.05. The van der Waals surface area contributed by atoms with E-state index in [4.69, 9.17) is 4.74 Å². The first-order chi connectivity index (χ1) is 5.90. The van der Waals surface area contributed by atoms with Crippen molar-refractivity contribution in [3.63, 3.8) is 0 Å². The highest BCUT2D eigenvalue weighted by molar-refractivity contribution is 8.00. The molecule has 1 aliphatic heterocycles. The summed E-state index contributed by atoms with van der Waals surface area (Å²) in [5.41, 5.74) is -0.375. The van der Waals surface area contributed by atoms with E-state index in [1.807, 2.05) is 27.7 Å². The van der Waals surface area contributed by atoms with E-state index in [1.54, 1.807) is 11.8 Å². The Morgan fingerprint density at radius 1 is 1.54 bits per heavy atom. The zero-order valence-electron chi connectivity index (χ0n) is 8.59. The minimum atomic E-state index is -0.375. The minimum absolute atomic E-state index is 0.0424. The third kappa shape index (κ3) is 3.19. The van der Waals surface area contributed by atoms with Gasteiger partial charge in [0.25, 0.3) is 0 Å². The molecule has 0 aliphatic carbocycles. The Hall–Kier alpha value is -0.220. The standard InChI is InChI=1S/C9H17NO2S/c1-6-7(13-5-10-6)8(11)12-9(2,3)4/h6-7,10H,5H2,1-4H3. The molecule has 2 unspecified atom stereocenters. The fraction of sp³-hybridized carbons (Fsp3) is 0.889. The van der Waals surface area contributed by atoms with Crippen LogP contribution in [-0.4, -0.2) is 28.7 Å². The second-order valence-corrected chi connectivity index (χ2v) is 5.39. The van der Waals surface area contributed by atoms with Crippen molar-refractivity contribution in [2.24, 2.45) is 0 Å². The molecule has 1 saturated heterocycles. The normalized spacial score (nSPS) is 28.9. The lowest BCUT2D eigenvalue weighted by Crippen LogP contribution is -2.37. The molecule has 0 saturated carbocycles. The maximum atomic E-state index is 11.6. The molecule has 0 bridgehead atoms. The van der Waals surface area contributed by atoms with Gasteiger partial charge >= 0.3 is 5.97 Å². The van der Waals surface area contributed by atoms with Gasteiger partial charge in [0.15, 0.2) is 0 Å². The molecule has 1 heterocycles. The summed E-state index contributed by atoms with van der Waals surface area (Å²) in [4.78, 5) is 11.6. The van der Waals surface area contributed by atoms with Crippen LogP contribution in [0.3, 0.4) is 0 Å². The number of ether oxygens (including phenoxy) is 1. The van der Waals surface area contributed by atoms with E-state index in [-0.39, 0.29) is 22.9 Å². The predicted molar refractivity (Wildman–Crippen MR) is 54.7 cm³/mol. The van der Waals surface area contributed by atoms with Gasteiger partial charge in [0.2, 0.25) is 0 Å². The van der Waals surface area contributed by atoms with Gasteiger partial charge < -0.3 is 10.1 Å². The summed E-state index contributed by atoms with van der Waals surface area (Å²) in [5.74, 6) is 0.737. The SMILES string of the molecule is CC1NCSC1C(=O)OC(C)(C)C. The lowest BCUT2D eigenvalue weighted by atomic mass is 10.2. The zero-order chi connectivity index (χ0) is 10.1. The Morgan fingerprint density at radius 2 is 2.15 bits per heavy atom. The van der Waals surface area contributed by atoms with Crippen LogP contribution in [0.25, 0.3) is 0 Å². The van der Waals surface area contributed by atoms with Crippen LogP contribution in [0.4, 0.5) is 0 Å². The molecular formula is C9H17NO2S. The highest BCUT2D eigenvalue weighted by atomic mass is 32.2. The Balaban J connectivity index is 2.48. The van der Waals surface area contributed by atoms with Gasteiger partial charge in [0.1, 0.15) is 10.9 Å². The van der Waals surface area contributed by atoms with E-state index in [1.165, 1.54) is 0 Å². The largest absolute Gasteiger partial charge is 0.459 e. The molecule has 2 atom stereocenters. The number of carbonyl (C=O) groups is 1. The van der Waals surface area contributed by atoms with Gasteiger partial charge in [-0.15, -0.1) is 11.8 Å². The molecule has 0 radical (unpaired) electrons. The molecule has 0 aromatic heterocycles. The number of rotatable bonds is 1. The molecule has 3 nitrogen and oxygen atoms in total. The van der Waals surface area contributed by atoms with Crippen molar-refractivity contribution < 1.29 is 9.53 Å². The number of carbonyl (C=O) groups excluding carboxylic acids is 1. The highest BCUT2D eigenvalue weighted by Crippen LogP contribution is 2.23.